The van der Waals surface area contributed by atoms with Crippen molar-refractivity contribution in [1.29, 1.82) is 0 Å². The van der Waals surface area contributed by atoms with Crippen LogP contribution in [0.15, 0.2) is 28.2 Å². The van der Waals surface area contributed by atoms with Crippen LogP contribution >= 0.6 is 0 Å². The van der Waals surface area contributed by atoms with E-state index < -0.39 is 30.5 Å². The van der Waals surface area contributed by atoms with Crippen molar-refractivity contribution >= 4 is 17.6 Å². The lowest BCUT2D eigenvalue weighted by atomic mass is 10.3. The van der Waals surface area contributed by atoms with Gasteiger partial charge in [-0.2, -0.15) is 18.2 Å². The Morgan fingerprint density at radius 2 is 1.85 bits per heavy atom. The van der Waals surface area contributed by atoms with Crippen molar-refractivity contribution in [3.8, 4) is 5.75 Å². The molecule has 6 nitrogen and oxygen atoms in total. The summed E-state index contributed by atoms with van der Waals surface area (Å²) in [6, 6.07) is 2.74. The molecular weight excluding hydrogens is 282 g/mol. The number of aliphatic imine (C=N–C) groups is 2. The lowest BCUT2D eigenvalue weighted by molar-refractivity contribution is -0.153. The molecule has 1 rings (SSSR count). The van der Waals surface area contributed by atoms with Gasteiger partial charge in [-0.25, -0.2) is 9.38 Å². The van der Waals surface area contributed by atoms with Gasteiger partial charge < -0.3 is 21.9 Å². The van der Waals surface area contributed by atoms with E-state index in [9.17, 15) is 17.6 Å². The molecule has 0 amide bonds. The van der Waals surface area contributed by atoms with Crippen molar-refractivity contribution in [2.45, 2.75) is 6.18 Å². The van der Waals surface area contributed by atoms with E-state index >= 15 is 0 Å². The maximum absolute atomic E-state index is 13.1. The van der Waals surface area contributed by atoms with Gasteiger partial charge in [0.2, 0.25) is 5.96 Å². The first-order valence-corrected chi connectivity index (χ1v) is 5.10. The molecule has 110 valence electrons. The van der Waals surface area contributed by atoms with Crippen molar-refractivity contribution in [2.75, 3.05) is 6.61 Å². The molecule has 10 heteroatoms. The number of guanidine groups is 2. The Balaban J connectivity index is 3.05. The van der Waals surface area contributed by atoms with Gasteiger partial charge in [0.05, 0.1) is 0 Å². The summed E-state index contributed by atoms with van der Waals surface area (Å²) in [7, 11) is 0. The topological polar surface area (TPSA) is 112 Å². The van der Waals surface area contributed by atoms with Gasteiger partial charge >= 0.3 is 6.18 Å². The Bertz CT molecular complexity index is 537. The van der Waals surface area contributed by atoms with Gasteiger partial charge in [0.1, 0.15) is 17.3 Å². The predicted octanol–water partition coefficient (Wildman–Crippen LogP) is 0.986. The molecule has 1 aromatic carbocycles. The number of halogens is 4. The maximum atomic E-state index is 13.1. The number of ether oxygens (including phenoxy) is 1. The molecule has 0 atom stereocenters. The van der Waals surface area contributed by atoms with Gasteiger partial charge in [-0.1, -0.05) is 0 Å². The minimum Gasteiger partial charge on any atom is -0.482 e. The number of rotatable bonds is 3. The molecule has 0 aliphatic heterocycles. The second kappa shape index (κ2) is 6.08. The third kappa shape index (κ3) is 5.42. The van der Waals surface area contributed by atoms with E-state index in [4.69, 9.17) is 17.2 Å². The quantitative estimate of drug-likeness (QED) is 0.438. The summed E-state index contributed by atoms with van der Waals surface area (Å²) in [6.45, 7) is -1.55. The van der Waals surface area contributed by atoms with Crippen molar-refractivity contribution in [1.82, 2.24) is 0 Å². The van der Waals surface area contributed by atoms with Gasteiger partial charge in [-0.3, -0.25) is 0 Å². The molecule has 0 spiro atoms. The molecule has 0 fully saturated rings. The van der Waals surface area contributed by atoms with E-state index in [0.717, 1.165) is 18.2 Å². The van der Waals surface area contributed by atoms with Crippen LogP contribution < -0.4 is 21.9 Å². The number of alkyl halides is 3. The summed E-state index contributed by atoms with van der Waals surface area (Å²) in [5, 5.41) is 0. The fourth-order valence-electron chi connectivity index (χ4n) is 1.14. The van der Waals surface area contributed by atoms with Crippen LogP contribution in [0, 0.1) is 5.82 Å². The molecule has 1 aromatic rings. The first-order chi connectivity index (χ1) is 9.17. The Kier molecular flexibility index (Phi) is 4.73. The minimum absolute atomic E-state index is 0.267. The summed E-state index contributed by atoms with van der Waals surface area (Å²) in [5.74, 6) is -1.90. The lowest BCUT2D eigenvalue weighted by Crippen LogP contribution is -2.26. The van der Waals surface area contributed by atoms with Crippen molar-refractivity contribution in [3.05, 3.63) is 24.0 Å². The van der Waals surface area contributed by atoms with E-state index in [2.05, 4.69) is 14.7 Å². The molecule has 0 radical (unpaired) electrons. The minimum atomic E-state index is -4.54. The highest BCUT2D eigenvalue weighted by atomic mass is 19.4. The molecular formula is C10H11F4N5O. The number of hydrogen-bond donors (Lipinski definition) is 3. The second-order valence-electron chi connectivity index (χ2n) is 3.52. The van der Waals surface area contributed by atoms with Gasteiger partial charge in [-0.05, 0) is 12.1 Å². The Labute approximate surface area is 110 Å². The summed E-state index contributed by atoms with van der Waals surface area (Å²) < 4.78 is 53.8. The monoisotopic (exact) mass is 293 g/mol. The predicted molar refractivity (Wildman–Crippen MR) is 65.0 cm³/mol. The molecule has 0 unspecified atom stereocenters. The standard InChI is InChI=1S/C10H11F4N5O/c11-5-1-2-7(20-4-10(12,13)14)6(3-5)18-9(17)19-8(15)16/h1-3H,4H2,(H6,15,16,17,18,19). The van der Waals surface area contributed by atoms with Crippen LogP contribution in [-0.4, -0.2) is 24.7 Å². The third-order valence-corrected chi connectivity index (χ3v) is 1.79. The van der Waals surface area contributed by atoms with Crippen LogP contribution in [0.5, 0.6) is 5.75 Å². The SMILES string of the molecule is NC(N)=NC(N)=Nc1cc(F)ccc1OCC(F)(F)F. The highest BCUT2D eigenvalue weighted by Crippen LogP contribution is 2.30. The van der Waals surface area contributed by atoms with E-state index in [0.29, 0.717) is 0 Å². The summed E-state index contributed by atoms with van der Waals surface area (Å²) in [5.41, 5.74) is 15.1. The normalized spacial score (nSPS) is 12.1. The average Bonchev–Trinajstić information content (AvgIpc) is 2.25. The van der Waals surface area contributed by atoms with E-state index in [1.165, 1.54) is 0 Å². The highest BCUT2D eigenvalue weighted by molar-refractivity contribution is 5.93. The van der Waals surface area contributed by atoms with Crippen LogP contribution in [0.2, 0.25) is 0 Å². The Morgan fingerprint density at radius 1 is 1.20 bits per heavy atom. The van der Waals surface area contributed by atoms with Crippen LogP contribution in [0.1, 0.15) is 0 Å². The molecule has 0 bridgehead atoms. The van der Waals surface area contributed by atoms with Gasteiger partial charge in [-0.15, -0.1) is 0 Å². The molecule has 0 aromatic heterocycles. The summed E-state index contributed by atoms with van der Waals surface area (Å²) in [6.07, 6.45) is -4.54. The number of benzene rings is 1. The molecule has 0 heterocycles. The third-order valence-electron chi connectivity index (χ3n) is 1.79. The largest absolute Gasteiger partial charge is 0.482 e. The molecule has 0 saturated heterocycles. The first kappa shape index (κ1) is 15.5. The van der Waals surface area contributed by atoms with Crippen molar-refractivity contribution < 1.29 is 22.3 Å². The zero-order valence-corrected chi connectivity index (χ0v) is 9.99. The molecule has 0 saturated carbocycles. The molecule has 0 aliphatic rings. The maximum Gasteiger partial charge on any atom is 0.422 e. The Hall–Kier alpha value is -2.52. The number of hydrogen-bond acceptors (Lipinski definition) is 2. The first-order valence-electron chi connectivity index (χ1n) is 5.10. The highest BCUT2D eigenvalue weighted by Gasteiger charge is 2.28. The smallest absolute Gasteiger partial charge is 0.422 e. The van der Waals surface area contributed by atoms with E-state index in [1.54, 1.807) is 0 Å². The van der Waals surface area contributed by atoms with Gasteiger partial charge in [0.15, 0.2) is 12.6 Å². The molecule has 20 heavy (non-hydrogen) atoms. The van der Waals surface area contributed by atoms with Crippen LogP contribution in [0.25, 0.3) is 0 Å². The molecule has 6 N–H and O–H groups in total. The summed E-state index contributed by atoms with van der Waals surface area (Å²) in [4.78, 5) is 6.93. The van der Waals surface area contributed by atoms with Crippen molar-refractivity contribution in [3.63, 3.8) is 0 Å². The number of nitrogens with two attached hydrogens (primary N) is 3. The summed E-state index contributed by atoms with van der Waals surface area (Å²) >= 11 is 0. The van der Waals surface area contributed by atoms with E-state index in [-0.39, 0.29) is 11.4 Å². The van der Waals surface area contributed by atoms with Crippen LogP contribution in [-0.2, 0) is 0 Å². The lowest BCUT2D eigenvalue weighted by Gasteiger charge is -2.11. The fourth-order valence-corrected chi connectivity index (χ4v) is 1.14. The zero-order valence-electron chi connectivity index (χ0n) is 9.99. The van der Waals surface area contributed by atoms with Gasteiger partial charge in [0, 0.05) is 6.07 Å². The fraction of sp³-hybridized carbons (Fsp3) is 0.200. The molecule has 0 aliphatic carbocycles. The Morgan fingerprint density at radius 3 is 2.40 bits per heavy atom. The van der Waals surface area contributed by atoms with Gasteiger partial charge in [0.25, 0.3) is 0 Å². The second-order valence-corrected chi connectivity index (χ2v) is 3.52. The zero-order chi connectivity index (χ0) is 15.3. The van der Waals surface area contributed by atoms with Crippen LogP contribution in [0.3, 0.4) is 0 Å². The van der Waals surface area contributed by atoms with E-state index in [1.807, 2.05) is 0 Å². The van der Waals surface area contributed by atoms with Crippen LogP contribution in [0.4, 0.5) is 23.2 Å². The number of nitrogens with zero attached hydrogens (tertiary/aromatic N) is 2. The van der Waals surface area contributed by atoms with Crippen molar-refractivity contribution in [2.24, 2.45) is 27.2 Å². The average molecular weight is 293 g/mol.